The highest BCUT2D eigenvalue weighted by Crippen LogP contribution is 2.22. The number of carbonyl (C=O) groups excluding carboxylic acids is 2. The lowest BCUT2D eigenvalue weighted by atomic mass is 9.99. The van der Waals surface area contributed by atoms with Crippen molar-refractivity contribution in [3.05, 3.63) is 0 Å². The molecular weight excluding hydrogens is 320 g/mol. The summed E-state index contributed by atoms with van der Waals surface area (Å²) >= 11 is 0. The van der Waals surface area contributed by atoms with Crippen molar-refractivity contribution in [3.8, 4) is 0 Å². The van der Waals surface area contributed by atoms with Crippen LogP contribution in [-0.4, -0.2) is 59.6 Å². The van der Waals surface area contributed by atoms with Crippen LogP contribution in [-0.2, 0) is 9.53 Å². The predicted octanol–water partition coefficient (Wildman–Crippen LogP) is 2.50. The quantitative estimate of drug-likeness (QED) is 0.448. The molecule has 148 valence electrons. The summed E-state index contributed by atoms with van der Waals surface area (Å²) in [4.78, 5) is 27.4. The second-order valence-electron chi connectivity index (χ2n) is 7.21. The van der Waals surface area contributed by atoms with Gasteiger partial charge in [-0.1, -0.05) is 20.8 Å². The number of hydrogen-bond acceptors (Lipinski definition) is 5. The number of amides is 2. The molecule has 1 aliphatic rings. The molecule has 0 bridgehead atoms. The molecule has 7 nitrogen and oxygen atoms in total. The SMILES string of the molecule is CC(C)(C)OC(=O)N1CCCCC1CC(=O)NN.CCN(CC)CC. The lowest BCUT2D eigenvalue weighted by molar-refractivity contribution is -0.122. The Hall–Kier alpha value is -1.34. The van der Waals surface area contributed by atoms with Gasteiger partial charge in [-0.05, 0) is 59.7 Å². The van der Waals surface area contributed by atoms with Crippen LogP contribution in [0.25, 0.3) is 0 Å². The molecule has 0 aromatic rings. The molecule has 0 aromatic heterocycles. The molecule has 2 amide bonds. The molecule has 3 N–H and O–H groups in total. The van der Waals surface area contributed by atoms with Gasteiger partial charge in [-0.3, -0.25) is 10.2 Å². The minimum absolute atomic E-state index is 0.114. The van der Waals surface area contributed by atoms with E-state index < -0.39 is 5.60 Å². The minimum Gasteiger partial charge on any atom is -0.444 e. The molecule has 0 radical (unpaired) electrons. The number of piperidine rings is 1. The van der Waals surface area contributed by atoms with E-state index in [1.165, 1.54) is 19.6 Å². The van der Waals surface area contributed by atoms with Crippen molar-refractivity contribution in [1.82, 2.24) is 15.2 Å². The van der Waals surface area contributed by atoms with Gasteiger partial charge in [0, 0.05) is 19.0 Å². The van der Waals surface area contributed by atoms with Gasteiger partial charge >= 0.3 is 6.09 Å². The van der Waals surface area contributed by atoms with Crippen molar-refractivity contribution in [2.45, 2.75) is 78.9 Å². The van der Waals surface area contributed by atoms with Gasteiger partial charge in [-0.25, -0.2) is 10.6 Å². The maximum atomic E-state index is 12.0. The number of likely N-dealkylation sites (tertiary alicyclic amines) is 1. The third-order valence-corrected chi connectivity index (χ3v) is 4.18. The first-order chi connectivity index (χ1) is 11.7. The number of hydrazine groups is 1. The van der Waals surface area contributed by atoms with Crippen LogP contribution in [0.4, 0.5) is 4.79 Å². The van der Waals surface area contributed by atoms with E-state index in [4.69, 9.17) is 10.6 Å². The van der Waals surface area contributed by atoms with E-state index in [1.54, 1.807) is 4.90 Å². The summed E-state index contributed by atoms with van der Waals surface area (Å²) in [6, 6.07) is -0.114. The average Bonchev–Trinajstić information content (AvgIpc) is 2.56. The van der Waals surface area contributed by atoms with Crippen LogP contribution in [0.1, 0.15) is 67.2 Å². The van der Waals surface area contributed by atoms with Gasteiger partial charge < -0.3 is 14.5 Å². The Morgan fingerprint density at radius 2 is 1.72 bits per heavy atom. The molecule has 1 unspecified atom stereocenters. The Balaban J connectivity index is 0.000000697. The van der Waals surface area contributed by atoms with Crippen molar-refractivity contribution in [3.63, 3.8) is 0 Å². The molecular formula is C18H38N4O3. The van der Waals surface area contributed by atoms with Crippen molar-refractivity contribution in [2.75, 3.05) is 26.2 Å². The molecule has 1 rings (SSSR count). The first-order valence-corrected chi connectivity index (χ1v) is 9.39. The van der Waals surface area contributed by atoms with Crippen LogP contribution in [0, 0.1) is 0 Å². The fourth-order valence-electron chi connectivity index (χ4n) is 2.72. The Morgan fingerprint density at radius 1 is 1.16 bits per heavy atom. The van der Waals surface area contributed by atoms with Crippen molar-refractivity contribution in [1.29, 1.82) is 0 Å². The summed E-state index contributed by atoms with van der Waals surface area (Å²) < 4.78 is 5.35. The first kappa shape index (κ1) is 23.7. The second kappa shape index (κ2) is 12.1. The van der Waals surface area contributed by atoms with E-state index in [2.05, 4.69) is 31.1 Å². The van der Waals surface area contributed by atoms with Gasteiger partial charge in [-0.2, -0.15) is 0 Å². The third kappa shape index (κ3) is 10.3. The molecule has 1 aliphatic heterocycles. The number of carbonyl (C=O) groups is 2. The maximum absolute atomic E-state index is 12.0. The second-order valence-corrected chi connectivity index (χ2v) is 7.21. The highest BCUT2D eigenvalue weighted by Gasteiger charge is 2.31. The average molecular weight is 359 g/mol. The number of nitrogens with one attached hydrogen (secondary N) is 1. The van der Waals surface area contributed by atoms with E-state index in [1.807, 2.05) is 20.8 Å². The monoisotopic (exact) mass is 358 g/mol. The lowest BCUT2D eigenvalue weighted by Crippen LogP contribution is -2.48. The first-order valence-electron chi connectivity index (χ1n) is 9.39. The van der Waals surface area contributed by atoms with Crippen molar-refractivity contribution < 1.29 is 14.3 Å². The van der Waals surface area contributed by atoms with Gasteiger partial charge in [0.1, 0.15) is 5.60 Å². The van der Waals surface area contributed by atoms with E-state index in [0.717, 1.165) is 19.3 Å². The molecule has 0 aromatic carbocycles. The van der Waals surface area contributed by atoms with Crippen LogP contribution in [0.2, 0.25) is 0 Å². The van der Waals surface area contributed by atoms with Crippen LogP contribution < -0.4 is 11.3 Å². The smallest absolute Gasteiger partial charge is 0.410 e. The number of ether oxygens (including phenoxy) is 1. The number of nitrogens with zero attached hydrogens (tertiary/aromatic N) is 2. The summed E-state index contributed by atoms with van der Waals surface area (Å²) in [5.41, 5.74) is 1.58. The number of rotatable bonds is 5. The largest absolute Gasteiger partial charge is 0.444 e. The van der Waals surface area contributed by atoms with Crippen LogP contribution >= 0.6 is 0 Å². The molecule has 0 saturated carbocycles. The zero-order chi connectivity index (χ0) is 19.5. The van der Waals surface area contributed by atoms with E-state index in [9.17, 15) is 9.59 Å². The van der Waals surface area contributed by atoms with Gasteiger partial charge in [-0.15, -0.1) is 0 Å². The number of hydrogen-bond donors (Lipinski definition) is 2. The van der Waals surface area contributed by atoms with Gasteiger partial charge in [0.25, 0.3) is 0 Å². The minimum atomic E-state index is -0.519. The molecule has 7 heteroatoms. The summed E-state index contributed by atoms with van der Waals surface area (Å²) in [6.07, 6.45) is 2.65. The summed E-state index contributed by atoms with van der Waals surface area (Å²) in [6.45, 7) is 16.3. The third-order valence-electron chi connectivity index (χ3n) is 4.18. The fourth-order valence-corrected chi connectivity index (χ4v) is 2.72. The topological polar surface area (TPSA) is 87.9 Å². The summed E-state index contributed by atoms with van der Waals surface area (Å²) in [5, 5.41) is 0. The predicted molar refractivity (Wildman–Crippen MR) is 101 cm³/mol. The van der Waals surface area contributed by atoms with Gasteiger partial charge in [0.2, 0.25) is 5.91 Å². The standard InChI is InChI=1S/C12H23N3O3.C6H15N/c1-12(2,3)18-11(17)15-7-5-4-6-9(15)8-10(16)14-13;1-4-7(5-2)6-3/h9H,4-8,13H2,1-3H3,(H,14,16);4-6H2,1-3H3. The molecule has 0 aliphatic carbocycles. The van der Waals surface area contributed by atoms with Crippen LogP contribution in [0.5, 0.6) is 0 Å². The fraction of sp³-hybridized carbons (Fsp3) is 0.889. The Morgan fingerprint density at radius 3 is 2.12 bits per heavy atom. The molecule has 1 atom stereocenters. The zero-order valence-corrected chi connectivity index (χ0v) is 16.9. The van der Waals surface area contributed by atoms with E-state index in [0.29, 0.717) is 6.54 Å². The summed E-state index contributed by atoms with van der Waals surface area (Å²) in [5.74, 6) is 4.82. The highest BCUT2D eigenvalue weighted by atomic mass is 16.6. The Labute approximate surface area is 153 Å². The van der Waals surface area contributed by atoms with Gasteiger partial charge in [0.05, 0.1) is 0 Å². The van der Waals surface area contributed by atoms with E-state index >= 15 is 0 Å². The molecule has 1 heterocycles. The van der Waals surface area contributed by atoms with E-state index in [-0.39, 0.29) is 24.5 Å². The number of nitrogens with two attached hydrogens (primary N) is 1. The molecule has 25 heavy (non-hydrogen) atoms. The molecule has 1 fully saturated rings. The highest BCUT2D eigenvalue weighted by molar-refractivity contribution is 5.77. The summed E-state index contributed by atoms with van der Waals surface area (Å²) in [7, 11) is 0. The van der Waals surface area contributed by atoms with Crippen molar-refractivity contribution >= 4 is 12.0 Å². The Kier molecular flexibility index (Phi) is 11.4. The normalized spacial score (nSPS) is 17.6. The van der Waals surface area contributed by atoms with Crippen LogP contribution in [0.3, 0.4) is 0 Å². The van der Waals surface area contributed by atoms with Crippen molar-refractivity contribution in [2.24, 2.45) is 5.84 Å². The van der Waals surface area contributed by atoms with Gasteiger partial charge in [0.15, 0.2) is 0 Å². The maximum Gasteiger partial charge on any atom is 0.410 e. The lowest BCUT2D eigenvalue weighted by Gasteiger charge is -2.36. The Bertz CT molecular complexity index is 387. The molecule has 1 saturated heterocycles. The zero-order valence-electron chi connectivity index (χ0n) is 16.9. The van der Waals surface area contributed by atoms with Crippen LogP contribution in [0.15, 0.2) is 0 Å². The molecule has 0 spiro atoms.